The van der Waals surface area contributed by atoms with Gasteiger partial charge in [-0.1, -0.05) is 0 Å². The first kappa shape index (κ1) is 14.0. The average molecular weight is 226 g/mol. The molecule has 0 bridgehead atoms. The molecule has 0 radical (unpaired) electrons. The second kappa shape index (κ2) is 4.43. The lowest BCUT2D eigenvalue weighted by Gasteiger charge is -2.27. The Bertz CT molecular complexity index is 87.6. The summed E-state index contributed by atoms with van der Waals surface area (Å²) < 4.78 is 0.921. The van der Waals surface area contributed by atoms with Gasteiger partial charge in [0, 0.05) is 6.42 Å². The monoisotopic (exact) mass is 225 g/mol. The Morgan fingerprint density at radius 1 is 1.18 bits per heavy atom. The molecule has 0 atom stereocenters. The third kappa shape index (κ3) is 13.4. The number of rotatable bonds is 3. The van der Waals surface area contributed by atoms with Crippen LogP contribution in [0.5, 0.6) is 0 Å². The van der Waals surface area contributed by atoms with Crippen molar-refractivity contribution in [3.8, 4) is 0 Å². The molecule has 2 nitrogen and oxygen atoms in total. The van der Waals surface area contributed by atoms with Crippen LogP contribution in [0.3, 0.4) is 0 Å². The predicted octanol–water partition coefficient (Wildman–Crippen LogP) is -2.14. The predicted molar refractivity (Wildman–Crippen MR) is 43.8 cm³/mol. The Morgan fingerprint density at radius 2 is 1.55 bits per heavy atom. The highest BCUT2D eigenvalue weighted by atomic mass is 79.9. The summed E-state index contributed by atoms with van der Waals surface area (Å²) in [6, 6.07) is 0. The van der Waals surface area contributed by atoms with Crippen molar-refractivity contribution in [3.05, 3.63) is 0 Å². The van der Waals surface area contributed by atoms with Gasteiger partial charge in [-0.15, -0.1) is 0 Å². The zero-order valence-electron chi connectivity index (χ0n) is 8.19. The van der Waals surface area contributed by atoms with Crippen molar-refractivity contribution in [2.45, 2.75) is 25.9 Å². The second-order valence-corrected chi connectivity index (χ2v) is 4.58. The van der Waals surface area contributed by atoms with Crippen molar-refractivity contribution in [1.29, 1.82) is 0 Å². The Labute approximate surface area is 80.6 Å². The van der Waals surface area contributed by atoms with Gasteiger partial charge in [0.05, 0.1) is 33.3 Å². The average Bonchev–Trinajstić information content (AvgIpc) is 1.57. The molecule has 3 heteroatoms. The van der Waals surface area contributed by atoms with Crippen molar-refractivity contribution < 1.29 is 26.6 Å². The van der Waals surface area contributed by atoms with E-state index in [1.54, 1.807) is 0 Å². The molecule has 1 N–H and O–H groups in total. The highest BCUT2D eigenvalue weighted by Crippen LogP contribution is 2.08. The Kier molecular flexibility index (Phi) is 5.62. The summed E-state index contributed by atoms with van der Waals surface area (Å²) in [6.45, 7) is 4.72. The molecule has 0 rings (SSSR count). The van der Waals surface area contributed by atoms with E-state index in [0.29, 0.717) is 0 Å². The van der Waals surface area contributed by atoms with Gasteiger partial charge in [-0.05, 0) is 13.8 Å². The van der Waals surface area contributed by atoms with Crippen LogP contribution in [0.2, 0.25) is 0 Å². The maximum Gasteiger partial charge on any atom is 0.0808 e. The van der Waals surface area contributed by atoms with E-state index in [2.05, 4.69) is 21.1 Å². The highest BCUT2D eigenvalue weighted by Gasteiger charge is 2.17. The molecule has 70 valence electrons. The van der Waals surface area contributed by atoms with E-state index in [0.717, 1.165) is 17.4 Å². The molecule has 0 aromatic carbocycles. The van der Waals surface area contributed by atoms with Crippen molar-refractivity contribution in [1.82, 2.24) is 0 Å². The summed E-state index contributed by atoms with van der Waals surface area (Å²) in [5.74, 6) is 0. The number of aliphatic hydroxyl groups is 1. The van der Waals surface area contributed by atoms with Gasteiger partial charge >= 0.3 is 0 Å². The smallest absolute Gasteiger partial charge is 0.0808 e. The third-order valence-electron chi connectivity index (χ3n) is 1.39. The van der Waals surface area contributed by atoms with Crippen molar-refractivity contribution in [2.24, 2.45) is 0 Å². The number of quaternary nitrogens is 1. The highest BCUT2D eigenvalue weighted by molar-refractivity contribution is 4.63. The standard InChI is InChI=1S/C8H20NO.BrH/c1-8(2,10)6-7-9(3,4)5;/h10H,6-7H2,1-5H3;1H/q+1;/p-1. The van der Waals surface area contributed by atoms with E-state index in [1.807, 2.05) is 13.8 Å². The maximum absolute atomic E-state index is 9.37. The van der Waals surface area contributed by atoms with Gasteiger partial charge in [-0.25, -0.2) is 0 Å². The molecule has 0 amide bonds. The molecular formula is C8H20BrNO. The number of hydrogen-bond donors (Lipinski definition) is 1. The zero-order valence-corrected chi connectivity index (χ0v) is 9.77. The Hall–Kier alpha value is 0.400. The van der Waals surface area contributed by atoms with Crippen LogP contribution >= 0.6 is 0 Å². The Balaban J connectivity index is 0. The van der Waals surface area contributed by atoms with E-state index in [-0.39, 0.29) is 17.0 Å². The molecule has 0 aliphatic carbocycles. The summed E-state index contributed by atoms with van der Waals surface area (Å²) in [6.07, 6.45) is 0.858. The first-order chi connectivity index (χ1) is 4.21. The summed E-state index contributed by atoms with van der Waals surface area (Å²) in [4.78, 5) is 0. The van der Waals surface area contributed by atoms with Crippen LogP contribution < -0.4 is 17.0 Å². The van der Waals surface area contributed by atoms with Gasteiger partial charge in [-0.2, -0.15) is 0 Å². The maximum atomic E-state index is 9.37. The fourth-order valence-corrected chi connectivity index (χ4v) is 0.609. The van der Waals surface area contributed by atoms with Crippen LogP contribution in [0.1, 0.15) is 20.3 Å². The molecule has 0 aromatic heterocycles. The minimum Gasteiger partial charge on any atom is -1.00 e. The van der Waals surface area contributed by atoms with Gasteiger partial charge in [0.15, 0.2) is 0 Å². The van der Waals surface area contributed by atoms with E-state index in [4.69, 9.17) is 0 Å². The minimum atomic E-state index is -0.508. The van der Waals surface area contributed by atoms with Crippen molar-refractivity contribution >= 4 is 0 Å². The van der Waals surface area contributed by atoms with E-state index in [1.165, 1.54) is 0 Å². The summed E-state index contributed by atoms with van der Waals surface area (Å²) in [7, 11) is 6.39. The normalized spacial score (nSPS) is 12.5. The van der Waals surface area contributed by atoms with Gasteiger partial charge in [0.25, 0.3) is 0 Å². The van der Waals surface area contributed by atoms with Crippen LogP contribution in [0.25, 0.3) is 0 Å². The van der Waals surface area contributed by atoms with Crippen LogP contribution in [-0.2, 0) is 0 Å². The summed E-state index contributed by atoms with van der Waals surface area (Å²) in [5, 5.41) is 9.37. The molecule has 0 unspecified atom stereocenters. The minimum absolute atomic E-state index is 0. The first-order valence-electron chi connectivity index (χ1n) is 3.74. The summed E-state index contributed by atoms with van der Waals surface area (Å²) >= 11 is 0. The third-order valence-corrected chi connectivity index (χ3v) is 1.39. The fraction of sp³-hybridized carbons (Fsp3) is 1.00. The van der Waals surface area contributed by atoms with Gasteiger partial charge < -0.3 is 26.6 Å². The van der Waals surface area contributed by atoms with E-state index in [9.17, 15) is 5.11 Å². The van der Waals surface area contributed by atoms with Crippen LogP contribution in [0.4, 0.5) is 0 Å². The largest absolute Gasteiger partial charge is 1.00 e. The molecular weight excluding hydrogens is 206 g/mol. The molecule has 11 heavy (non-hydrogen) atoms. The van der Waals surface area contributed by atoms with E-state index >= 15 is 0 Å². The molecule has 0 saturated carbocycles. The quantitative estimate of drug-likeness (QED) is 0.544. The van der Waals surface area contributed by atoms with Gasteiger partial charge in [-0.3, -0.25) is 0 Å². The Morgan fingerprint density at radius 3 is 1.64 bits per heavy atom. The zero-order chi connectivity index (χ0) is 8.41. The number of halogens is 1. The lowest BCUT2D eigenvalue weighted by Crippen LogP contribution is -3.00. The second-order valence-electron chi connectivity index (χ2n) is 4.58. The van der Waals surface area contributed by atoms with Crippen molar-refractivity contribution in [2.75, 3.05) is 27.7 Å². The molecule has 0 spiro atoms. The van der Waals surface area contributed by atoms with Gasteiger partial charge in [0.1, 0.15) is 0 Å². The molecule has 0 heterocycles. The molecule has 0 aliphatic heterocycles. The van der Waals surface area contributed by atoms with E-state index < -0.39 is 5.60 Å². The molecule has 0 aromatic rings. The lowest BCUT2D eigenvalue weighted by molar-refractivity contribution is -0.871. The number of nitrogens with zero attached hydrogens (tertiary/aromatic N) is 1. The molecule has 0 aliphatic rings. The van der Waals surface area contributed by atoms with Crippen LogP contribution in [0, 0.1) is 0 Å². The molecule has 0 fully saturated rings. The summed E-state index contributed by atoms with van der Waals surface area (Å²) in [5.41, 5.74) is -0.508. The SMILES string of the molecule is CC(C)(O)CC[N+](C)(C)C.[Br-]. The topological polar surface area (TPSA) is 20.2 Å². The van der Waals surface area contributed by atoms with Crippen molar-refractivity contribution in [3.63, 3.8) is 0 Å². The molecule has 0 saturated heterocycles. The fourth-order valence-electron chi connectivity index (χ4n) is 0.609. The van der Waals surface area contributed by atoms with Crippen LogP contribution in [0.15, 0.2) is 0 Å². The van der Waals surface area contributed by atoms with Gasteiger partial charge in [0.2, 0.25) is 0 Å². The first-order valence-corrected chi connectivity index (χ1v) is 3.74. The van der Waals surface area contributed by atoms with Crippen LogP contribution in [-0.4, -0.2) is 42.9 Å². The number of hydrogen-bond acceptors (Lipinski definition) is 1. The lowest BCUT2D eigenvalue weighted by atomic mass is 10.1.